The first kappa shape index (κ1) is 14.1. The average Bonchev–Trinajstić information content (AvgIpc) is 2.69. The minimum absolute atomic E-state index is 0.0411. The maximum atomic E-state index is 12.0. The molecule has 0 aromatic carbocycles. The fourth-order valence-electron chi connectivity index (χ4n) is 2.33. The van der Waals surface area contributed by atoms with Crippen molar-refractivity contribution in [3.63, 3.8) is 0 Å². The third kappa shape index (κ3) is 3.82. The van der Waals surface area contributed by atoms with E-state index in [1.165, 1.54) is 12.0 Å². The minimum Gasteiger partial charge on any atom is -0.444 e. The van der Waals surface area contributed by atoms with Gasteiger partial charge in [0.05, 0.1) is 0 Å². The van der Waals surface area contributed by atoms with E-state index >= 15 is 0 Å². The molecule has 0 aromatic rings. The number of likely N-dealkylation sites (tertiary alicyclic amines) is 1. The molecule has 0 aromatic heterocycles. The van der Waals surface area contributed by atoms with Gasteiger partial charge in [-0.2, -0.15) is 0 Å². The number of amides is 1. The second kappa shape index (κ2) is 5.35. The number of carbonyl (C=O) groups excluding carboxylic acids is 2. The van der Waals surface area contributed by atoms with Gasteiger partial charge in [0.15, 0.2) is 5.78 Å². The predicted octanol–water partition coefficient (Wildman–Crippen LogP) is 2.92. The molecular weight excluding hydrogens is 242 g/mol. The van der Waals surface area contributed by atoms with Crippen molar-refractivity contribution in [2.45, 2.75) is 52.1 Å². The summed E-state index contributed by atoms with van der Waals surface area (Å²) in [5.41, 5.74) is 0.785. The Bertz CT molecular complexity index is 400. The summed E-state index contributed by atoms with van der Waals surface area (Å²) in [5.74, 6) is 0.140. The highest BCUT2D eigenvalue weighted by Crippen LogP contribution is 2.27. The maximum absolute atomic E-state index is 12.0. The van der Waals surface area contributed by atoms with Crippen molar-refractivity contribution in [3.8, 4) is 0 Å². The van der Waals surface area contributed by atoms with Crippen LogP contribution in [0.1, 0.15) is 46.5 Å². The van der Waals surface area contributed by atoms with Gasteiger partial charge in [-0.05, 0) is 52.5 Å². The summed E-state index contributed by atoms with van der Waals surface area (Å²) < 4.78 is 5.32. The van der Waals surface area contributed by atoms with Gasteiger partial charge >= 0.3 is 6.09 Å². The predicted molar refractivity (Wildman–Crippen MR) is 72.9 cm³/mol. The normalized spacial score (nSPS) is 23.0. The van der Waals surface area contributed by atoms with E-state index in [0.717, 1.165) is 19.3 Å². The summed E-state index contributed by atoms with van der Waals surface area (Å²) >= 11 is 0. The lowest BCUT2D eigenvalue weighted by atomic mass is 9.89. The van der Waals surface area contributed by atoms with Crippen molar-refractivity contribution in [1.29, 1.82) is 0 Å². The molecule has 2 aliphatic rings. The fourth-order valence-corrected chi connectivity index (χ4v) is 2.33. The molecule has 1 unspecified atom stereocenters. The molecule has 1 atom stereocenters. The number of hydrogen-bond acceptors (Lipinski definition) is 3. The van der Waals surface area contributed by atoms with Crippen LogP contribution < -0.4 is 0 Å². The topological polar surface area (TPSA) is 46.6 Å². The van der Waals surface area contributed by atoms with Crippen molar-refractivity contribution in [3.05, 3.63) is 11.6 Å². The highest BCUT2D eigenvalue weighted by Gasteiger charge is 2.32. The second-order valence-corrected chi connectivity index (χ2v) is 6.47. The number of ether oxygens (including phenoxy) is 1. The quantitative estimate of drug-likeness (QED) is 0.721. The average molecular weight is 265 g/mol. The molecule has 1 aliphatic heterocycles. The van der Waals surface area contributed by atoms with Crippen molar-refractivity contribution in [2.75, 3.05) is 13.1 Å². The van der Waals surface area contributed by atoms with Crippen LogP contribution in [0.2, 0.25) is 0 Å². The van der Waals surface area contributed by atoms with Crippen LogP contribution in [-0.2, 0) is 9.53 Å². The molecule has 0 N–H and O–H groups in total. The largest absolute Gasteiger partial charge is 0.444 e. The van der Waals surface area contributed by atoms with Crippen LogP contribution in [0.5, 0.6) is 0 Å². The number of hydrogen-bond donors (Lipinski definition) is 0. The Balaban J connectivity index is 1.85. The third-order valence-electron chi connectivity index (χ3n) is 3.58. The molecule has 0 spiro atoms. The van der Waals surface area contributed by atoms with Gasteiger partial charge in [-0.25, -0.2) is 4.79 Å². The molecular formula is C15H23NO3. The zero-order valence-electron chi connectivity index (χ0n) is 12.1. The zero-order valence-corrected chi connectivity index (χ0v) is 12.1. The third-order valence-corrected chi connectivity index (χ3v) is 3.58. The molecule has 106 valence electrons. The molecule has 4 heteroatoms. The van der Waals surface area contributed by atoms with Gasteiger partial charge in [0.1, 0.15) is 5.60 Å². The number of carbonyl (C=O) groups is 2. The maximum Gasteiger partial charge on any atom is 0.410 e. The van der Waals surface area contributed by atoms with Gasteiger partial charge in [-0.15, -0.1) is 0 Å². The number of ketones is 1. The Labute approximate surface area is 114 Å². The highest BCUT2D eigenvalue weighted by atomic mass is 16.6. The smallest absolute Gasteiger partial charge is 0.410 e. The lowest BCUT2D eigenvalue weighted by molar-refractivity contribution is -0.117. The Morgan fingerprint density at radius 1 is 1.32 bits per heavy atom. The summed E-state index contributed by atoms with van der Waals surface area (Å²) in [5, 5.41) is 0. The molecule has 0 bridgehead atoms. The van der Waals surface area contributed by atoms with Crippen LogP contribution in [-0.4, -0.2) is 35.5 Å². The van der Waals surface area contributed by atoms with Crippen LogP contribution in [0.3, 0.4) is 0 Å². The molecule has 1 amide bonds. The Kier molecular flexibility index (Phi) is 3.97. The molecule has 2 fully saturated rings. The first-order valence-corrected chi connectivity index (χ1v) is 7.06. The zero-order chi connectivity index (χ0) is 14.0. The van der Waals surface area contributed by atoms with Crippen LogP contribution in [0.25, 0.3) is 0 Å². The van der Waals surface area contributed by atoms with E-state index in [-0.39, 0.29) is 17.8 Å². The Hall–Kier alpha value is -1.32. The van der Waals surface area contributed by atoms with E-state index < -0.39 is 5.60 Å². The fraction of sp³-hybridized carbons (Fsp3) is 0.733. The van der Waals surface area contributed by atoms with Crippen molar-refractivity contribution in [1.82, 2.24) is 4.90 Å². The van der Waals surface area contributed by atoms with Gasteiger partial charge in [-0.3, -0.25) is 4.79 Å². The summed E-state index contributed by atoms with van der Waals surface area (Å²) in [6, 6.07) is 0. The highest BCUT2D eigenvalue weighted by molar-refractivity contribution is 5.93. The molecule has 4 nitrogen and oxygen atoms in total. The van der Waals surface area contributed by atoms with Gasteiger partial charge in [-0.1, -0.05) is 5.57 Å². The number of rotatable bonds is 2. The molecule has 1 saturated heterocycles. The van der Waals surface area contributed by atoms with Crippen molar-refractivity contribution >= 4 is 11.9 Å². The first-order chi connectivity index (χ1) is 8.85. The van der Waals surface area contributed by atoms with Crippen LogP contribution in [0.4, 0.5) is 4.79 Å². The van der Waals surface area contributed by atoms with Gasteiger partial charge < -0.3 is 9.64 Å². The number of allylic oxidation sites excluding steroid dienone is 2. The summed E-state index contributed by atoms with van der Waals surface area (Å²) in [4.78, 5) is 25.6. The standard InChI is InChI=1S/C15H23NO3/c1-15(2,3)19-14(18)16-8-7-12(10-16)13(17)9-11-5-4-6-11/h9,12H,4-8,10H2,1-3H3. The van der Waals surface area contributed by atoms with E-state index in [1.807, 2.05) is 20.8 Å². The van der Waals surface area contributed by atoms with Crippen LogP contribution in [0.15, 0.2) is 11.6 Å². The Morgan fingerprint density at radius 3 is 2.53 bits per heavy atom. The molecule has 1 heterocycles. The van der Waals surface area contributed by atoms with E-state index in [9.17, 15) is 9.59 Å². The summed E-state index contributed by atoms with van der Waals surface area (Å²) in [6.45, 7) is 6.67. The van der Waals surface area contributed by atoms with E-state index in [4.69, 9.17) is 4.74 Å². The SMILES string of the molecule is CC(C)(C)OC(=O)N1CCC(C(=O)C=C2CCC2)C1. The Morgan fingerprint density at radius 2 is 2.00 bits per heavy atom. The minimum atomic E-state index is -0.479. The van der Waals surface area contributed by atoms with E-state index in [0.29, 0.717) is 13.1 Å². The number of nitrogens with zero attached hydrogens (tertiary/aromatic N) is 1. The lowest BCUT2D eigenvalue weighted by Gasteiger charge is -2.24. The van der Waals surface area contributed by atoms with Crippen LogP contribution in [0, 0.1) is 5.92 Å². The van der Waals surface area contributed by atoms with Gasteiger partial charge in [0, 0.05) is 19.0 Å². The van der Waals surface area contributed by atoms with Crippen molar-refractivity contribution in [2.24, 2.45) is 5.92 Å². The molecule has 19 heavy (non-hydrogen) atoms. The first-order valence-electron chi connectivity index (χ1n) is 7.06. The monoisotopic (exact) mass is 265 g/mol. The summed E-state index contributed by atoms with van der Waals surface area (Å²) in [6.07, 6.45) is 5.57. The van der Waals surface area contributed by atoms with E-state index in [2.05, 4.69) is 0 Å². The van der Waals surface area contributed by atoms with Gasteiger partial charge in [0.25, 0.3) is 0 Å². The lowest BCUT2D eigenvalue weighted by Crippen LogP contribution is -2.35. The molecule has 2 rings (SSSR count). The molecule has 0 radical (unpaired) electrons. The van der Waals surface area contributed by atoms with Crippen LogP contribution >= 0.6 is 0 Å². The summed E-state index contributed by atoms with van der Waals surface area (Å²) in [7, 11) is 0. The van der Waals surface area contributed by atoms with E-state index in [1.54, 1.807) is 11.0 Å². The molecule has 1 aliphatic carbocycles. The second-order valence-electron chi connectivity index (χ2n) is 6.47. The van der Waals surface area contributed by atoms with Crippen molar-refractivity contribution < 1.29 is 14.3 Å². The van der Waals surface area contributed by atoms with Gasteiger partial charge in [0.2, 0.25) is 0 Å². The molecule has 1 saturated carbocycles.